The molecule has 4 rings (SSSR count). The van der Waals surface area contributed by atoms with E-state index < -0.39 is 0 Å². The highest BCUT2D eigenvalue weighted by Gasteiger charge is 2.19. The molecule has 0 radical (unpaired) electrons. The summed E-state index contributed by atoms with van der Waals surface area (Å²) in [4.78, 5) is 21.3. The maximum Gasteiger partial charge on any atom is 0.257 e. The Bertz CT molecular complexity index is 1060. The van der Waals surface area contributed by atoms with Crippen LogP contribution in [0.1, 0.15) is 6.92 Å². The molecule has 0 spiro atoms. The van der Waals surface area contributed by atoms with Crippen molar-refractivity contribution in [3.63, 3.8) is 0 Å². The van der Waals surface area contributed by atoms with Gasteiger partial charge in [-0.25, -0.2) is 9.97 Å². The van der Waals surface area contributed by atoms with Gasteiger partial charge in [0.25, 0.3) is 5.22 Å². The molecule has 8 heteroatoms. The highest BCUT2D eigenvalue weighted by atomic mass is 32.2. The van der Waals surface area contributed by atoms with E-state index in [2.05, 4.69) is 15.3 Å². The Morgan fingerprint density at radius 3 is 2.88 bits per heavy atom. The lowest BCUT2D eigenvalue weighted by molar-refractivity contribution is -0.115. The Kier molecular flexibility index (Phi) is 4.52. The predicted octanol–water partition coefficient (Wildman–Crippen LogP) is 4.57. The number of aromatic nitrogens is 2. The topological polar surface area (TPSA) is 77.2 Å². The second-order valence-electron chi connectivity index (χ2n) is 5.55. The van der Waals surface area contributed by atoms with E-state index >= 15 is 0 Å². The first kappa shape index (κ1) is 16.9. The molecule has 0 aliphatic carbocycles. The third-order valence-corrected chi connectivity index (χ3v) is 5.62. The molecule has 26 heavy (non-hydrogen) atoms. The van der Waals surface area contributed by atoms with Crippen molar-refractivity contribution in [3.8, 4) is 5.75 Å². The SMILES string of the molecule is COc1ccc2nc(NC(=O)C(C)Sc3nc4ccccc4o3)sc2c1. The Morgan fingerprint density at radius 2 is 2.08 bits per heavy atom. The van der Waals surface area contributed by atoms with Crippen molar-refractivity contribution in [2.45, 2.75) is 17.4 Å². The number of para-hydroxylation sites is 2. The van der Waals surface area contributed by atoms with E-state index in [0.717, 1.165) is 21.5 Å². The number of fused-ring (bicyclic) bond motifs is 2. The minimum absolute atomic E-state index is 0.150. The second-order valence-corrected chi connectivity index (χ2v) is 7.87. The third kappa shape index (κ3) is 3.38. The van der Waals surface area contributed by atoms with Crippen molar-refractivity contribution in [1.29, 1.82) is 0 Å². The average Bonchev–Trinajstić information content (AvgIpc) is 3.23. The number of hydrogen-bond donors (Lipinski definition) is 1. The Hall–Kier alpha value is -2.58. The number of rotatable bonds is 5. The van der Waals surface area contributed by atoms with E-state index in [9.17, 15) is 4.79 Å². The zero-order valence-corrected chi connectivity index (χ0v) is 15.7. The number of amides is 1. The molecular weight excluding hydrogens is 370 g/mol. The van der Waals surface area contributed by atoms with Crippen LogP contribution in [-0.2, 0) is 4.79 Å². The summed E-state index contributed by atoms with van der Waals surface area (Å²) in [5.74, 6) is 0.613. The van der Waals surface area contributed by atoms with Crippen LogP contribution in [0, 0.1) is 0 Å². The molecule has 0 saturated heterocycles. The fourth-order valence-electron chi connectivity index (χ4n) is 2.40. The molecule has 2 aromatic carbocycles. The quantitative estimate of drug-likeness (QED) is 0.507. The number of ether oxygens (including phenoxy) is 1. The van der Waals surface area contributed by atoms with Gasteiger partial charge in [-0.3, -0.25) is 4.79 Å². The summed E-state index contributed by atoms with van der Waals surface area (Å²) in [6.45, 7) is 1.81. The summed E-state index contributed by atoms with van der Waals surface area (Å²) in [6.07, 6.45) is 0. The monoisotopic (exact) mass is 385 g/mol. The van der Waals surface area contributed by atoms with Crippen molar-refractivity contribution >= 4 is 55.5 Å². The number of thiazole rings is 1. The Balaban J connectivity index is 1.46. The number of nitrogens with zero attached hydrogens (tertiary/aromatic N) is 2. The van der Waals surface area contributed by atoms with E-state index in [0.29, 0.717) is 15.9 Å². The number of hydrogen-bond acceptors (Lipinski definition) is 7. The number of methoxy groups -OCH3 is 1. The first-order valence-corrected chi connectivity index (χ1v) is 9.59. The van der Waals surface area contributed by atoms with E-state index in [-0.39, 0.29) is 11.2 Å². The van der Waals surface area contributed by atoms with Gasteiger partial charge in [-0.2, -0.15) is 0 Å². The smallest absolute Gasteiger partial charge is 0.257 e. The largest absolute Gasteiger partial charge is 0.497 e. The molecule has 1 amide bonds. The zero-order valence-electron chi connectivity index (χ0n) is 14.1. The lowest BCUT2D eigenvalue weighted by Crippen LogP contribution is -2.22. The molecule has 0 aliphatic heterocycles. The number of anilines is 1. The van der Waals surface area contributed by atoms with E-state index in [1.165, 1.54) is 23.1 Å². The molecule has 132 valence electrons. The van der Waals surface area contributed by atoms with Gasteiger partial charge in [0.1, 0.15) is 11.3 Å². The second kappa shape index (κ2) is 6.97. The van der Waals surface area contributed by atoms with Gasteiger partial charge in [-0.05, 0) is 37.3 Å². The van der Waals surface area contributed by atoms with Crippen LogP contribution in [-0.4, -0.2) is 28.2 Å². The molecule has 2 heterocycles. The summed E-state index contributed by atoms with van der Waals surface area (Å²) >= 11 is 2.69. The van der Waals surface area contributed by atoms with Crippen molar-refractivity contribution in [3.05, 3.63) is 42.5 Å². The van der Waals surface area contributed by atoms with E-state index in [1.807, 2.05) is 49.4 Å². The van der Waals surface area contributed by atoms with Gasteiger partial charge in [0.15, 0.2) is 10.7 Å². The summed E-state index contributed by atoms with van der Waals surface area (Å²) in [5.41, 5.74) is 2.32. The van der Waals surface area contributed by atoms with Crippen LogP contribution in [0.4, 0.5) is 5.13 Å². The molecule has 4 aromatic rings. The highest BCUT2D eigenvalue weighted by Crippen LogP contribution is 2.31. The maximum absolute atomic E-state index is 12.5. The first-order valence-electron chi connectivity index (χ1n) is 7.90. The lowest BCUT2D eigenvalue weighted by atomic mass is 10.3. The zero-order chi connectivity index (χ0) is 18.1. The Labute approximate surface area is 157 Å². The lowest BCUT2D eigenvalue weighted by Gasteiger charge is -2.07. The van der Waals surface area contributed by atoms with E-state index in [4.69, 9.17) is 9.15 Å². The number of nitrogens with one attached hydrogen (secondary N) is 1. The fraction of sp³-hybridized carbons (Fsp3) is 0.167. The molecule has 0 fully saturated rings. The van der Waals surface area contributed by atoms with Gasteiger partial charge >= 0.3 is 0 Å². The van der Waals surface area contributed by atoms with Gasteiger partial charge in [0, 0.05) is 0 Å². The minimum atomic E-state index is -0.371. The summed E-state index contributed by atoms with van der Waals surface area (Å²) in [6, 6.07) is 13.1. The van der Waals surface area contributed by atoms with Crippen LogP contribution in [0.3, 0.4) is 0 Å². The number of carbonyl (C=O) groups excluding carboxylic acids is 1. The summed E-state index contributed by atoms with van der Waals surface area (Å²) in [7, 11) is 1.62. The van der Waals surface area contributed by atoms with Crippen LogP contribution in [0.25, 0.3) is 21.3 Å². The number of oxazole rings is 1. The molecule has 0 saturated carbocycles. The van der Waals surface area contributed by atoms with Gasteiger partial charge in [-0.1, -0.05) is 35.2 Å². The van der Waals surface area contributed by atoms with Crippen LogP contribution in [0.5, 0.6) is 5.75 Å². The highest BCUT2D eigenvalue weighted by molar-refractivity contribution is 8.00. The molecular formula is C18H15N3O3S2. The normalized spacial score (nSPS) is 12.4. The molecule has 0 bridgehead atoms. The molecule has 6 nitrogen and oxygen atoms in total. The standard InChI is InChI=1S/C18H15N3O3S2/c1-10(25-18-20-12-5-3-4-6-14(12)24-18)16(22)21-17-19-13-8-7-11(23-2)9-15(13)26-17/h3-10H,1-2H3,(H,19,21,22). The van der Waals surface area contributed by atoms with Crippen molar-refractivity contribution in [2.24, 2.45) is 0 Å². The minimum Gasteiger partial charge on any atom is -0.497 e. The number of thioether (sulfide) groups is 1. The van der Waals surface area contributed by atoms with Crippen molar-refractivity contribution in [2.75, 3.05) is 12.4 Å². The molecule has 1 atom stereocenters. The first-order chi connectivity index (χ1) is 12.6. The molecule has 2 aromatic heterocycles. The van der Waals surface area contributed by atoms with Crippen LogP contribution < -0.4 is 10.1 Å². The molecule has 1 N–H and O–H groups in total. The third-order valence-electron chi connectivity index (χ3n) is 3.75. The van der Waals surface area contributed by atoms with Gasteiger partial charge in [0.05, 0.1) is 22.6 Å². The van der Waals surface area contributed by atoms with Crippen LogP contribution >= 0.6 is 23.1 Å². The van der Waals surface area contributed by atoms with Crippen LogP contribution in [0.2, 0.25) is 0 Å². The van der Waals surface area contributed by atoms with Gasteiger partial charge < -0.3 is 14.5 Å². The predicted molar refractivity (Wildman–Crippen MR) is 104 cm³/mol. The van der Waals surface area contributed by atoms with Gasteiger partial charge in [0.2, 0.25) is 5.91 Å². The maximum atomic E-state index is 12.5. The summed E-state index contributed by atoms with van der Waals surface area (Å²) < 4.78 is 11.8. The molecule has 0 aliphatic rings. The average molecular weight is 385 g/mol. The van der Waals surface area contributed by atoms with E-state index in [1.54, 1.807) is 7.11 Å². The van der Waals surface area contributed by atoms with Crippen molar-refractivity contribution in [1.82, 2.24) is 9.97 Å². The number of benzene rings is 2. The van der Waals surface area contributed by atoms with Crippen LogP contribution in [0.15, 0.2) is 52.1 Å². The van der Waals surface area contributed by atoms with Gasteiger partial charge in [-0.15, -0.1) is 0 Å². The number of carbonyl (C=O) groups is 1. The summed E-state index contributed by atoms with van der Waals surface area (Å²) in [5, 5.41) is 3.52. The fourth-order valence-corrected chi connectivity index (χ4v) is 4.05. The van der Waals surface area contributed by atoms with Crippen molar-refractivity contribution < 1.29 is 13.9 Å². The Morgan fingerprint density at radius 1 is 1.23 bits per heavy atom. The molecule has 1 unspecified atom stereocenters.